The second-order valence-corrected chi connectivity index (χ2v) is 13.7. The average Bonchev–Trinajstić information content (AvgIpc) is 3.50. The van der Waals surface area contributed by atoms with E-state index in [2.05, 4.69) is 31.7 Å². The van der Waals surface area contributed by atoms with E-state index in [-0.39, 0.29) is 29.7 Å². The van der Waals surface area contributed by atoms with E-state index in [0.29, 0.717) is 56.0 Å². The van der Waals surface area contributed by atoms with E-state index in [4.69, 9.17) is 37.7 Å². The summed E-state index contributed by atoms with van der Waals surface area (Å²) >= 11 is 14.2. The predicted octanol–water partition coefficient (Wildman–Crippen LogP) is 5.61. The summed E-state index contributed by atoms with van der Waals surface area (Å²) in [6.07, 6.45) is 3.47. The SMILES string of the molecule is COc1nc(-c2cccc(-c3cccc(Nc4nc(C)cc5cnn(C)c(=O)c45)c3Cl)c2Cl)cc2c1C(N1CC3(CNC(=O)CO3)C1)CC2. The van der Waals surface area contributed by atoms with Crippen LogP contribution < -0.4 is 20.9 Å². The molecular weight excluding hydrogens is 665 g/mol. The van der Waals surface area contributed by atoms with Crippen molar-refractivity contribution in [2.45, 2.75) is 31.4 Å². The third kappa shape index (κ3) is 5.41. The highest BCUT2D eigenvalue weighted by Crippen LogP contribution is 2.47. The molecule has 250 valence electrons. The number of nitrogens with zero attached hydrogens (tertiary/aromatic N) is 5. The smallest absolute Gasteiger partial charge is 0.278 e. The van der Waals surface area contributed by atoms with E-state index < -0.39 is 0 Å². The van der Waals surface area contributed by atoms with Gasteiger partial charge in [-0.15, -0.1) is 0 Å². The fourth-order valence-corrected chi connectivity index (χ4v) is 7.92. The molecule has 1 aliphatic carbocycles. The van der Waals surface area contributed by atoms with Crippen LogP contribution in [0.2, 0.25) is 10.0 Å². The number of morpholine rings is 1. The number of methoxy groups -OCH3 is 1. The van der Waals surface area contributed by atoms with Crippen LogP contribution in [0.3, 0.4) is 0 Å². The number of nitrogens with one attached hydrogen (secondary N) is 2. The summed E-state index contributed by atoms with van der Waals surface area (Å²) in [5, 5.41) is 12.4. The van der Waals surface area contributed by atoms with Crippen LogP contribution in [-0.2, 0) is 23.0 Å². The van der Waals surface area contributed by atoms with Crippen molar-refractivity contribution in [1.29, 1.82) is 0 Å². The fraction of sp³-hybridized carbons (Fsp3) is 0.306. The molecule has 3 aromatic heterocycles. The Balaban J connectivity index is 1.11. The molecule has 8 rings (SSSR count). The van der Waals surface area contributed by atoms with Crippen LogP contribution in [0.25, 0.3) is 33.2 Å². The monoisotopic (exact) mass is 697 g/mol. The van der Waals surface area contributed by atoms with Gasteiger partial charge in [0.15, 0.2) is 0 Å². The van der Waals surface area contributed by atoms with Gasteiger partial charge in [-0.2, -0.15) is 5.10 Å². The van der Waals surface area contributed by atoms with Gasteiger partial charge >= 0.3 is 0 Å². The number of anilines is 2. The molecule has 5 aromatic rings. The largest absolute Gasteiger partial charge is 0.481 e. The molecule has 0 radical (unpaired) electrons. The van der Waals surface area contributed by atoms with Gasteiger partial charge in [0.2, 0.25) is 11.8 Å². The highest BCUT2D eigenvalue weighted by Gasteiger charge is 2.50. The maximum Gasteiger partial charge on any atom is 0.278 e. The first-order valence-electron chi connectivity index (χ1n) is 16.1. The van der Waals surface area contributed by atoms with Crippen LogP contribution >= 0.6 is 23.2 Å². The Kier molecular flexibility index (Phi) is 7.83. The number of carbonyl (C=O) groups excluding carboxylic acids is 1. The van der Waals surface area contributed by atoms with Crippen LogP contribution in [0.1, 0.15) is 29.3 Å². The van der Waals surface area contributed by atoms with Gasteiger partial charge in [0, 0.05) is 66.1 Å². The quantitative estimate of drug-likeness (QED) is 0.233. The molecule has 11 nitrogen and oxygen atoms in total. The molecule has 5 heterocycles. The highest BCUT2D eigenvalue weighted by molar-refractivity contribution is 6.39. The molecule has 2 fully saturated rings. The average molecular weight is 699 g/mol. The lowest BCUT2D eigenvalue weighted by Crippen LogP contribution is -2.70. The minimum atomic E-state index is -0.321. The second kappa shape index (κ2) is 12.1. The molecule has 2 aliphatic heterocycles. The normalized spacial score (nSPS) is 18.3. The first-order valence-corrected chi connectivity index (χ1v) is 16.8. The summed E-state index contributed by atoms with van der Waals surface area (Å²) in [7, 11) is 3.25. The van der Waals surface area contributed by atoms with E-state index in [1.165, 1.54) is 10.2 Å². The molecule has 2 aromatic carbocycles. The minimum Gasteiger partial charge on any atom is -0.481 e. The lowest BCUT2D eigenvalue weighted by Gasteiger charge is -2.53. The predicted molar refractivity (Wildman–Crippen MR) is 189 cm³/mol. The molecular formula is C36H33Cl2N7O4. The maximum absolute atomic E-state index is 13.0. The molecule has 0 bridgehead atoms. The number of rotatable bonds is 6. The Hall–Kier alpha value is -4.55. The topological polar surface area (TPSA) is 124 Å². The third-order valence-corrected chi connectivity index (χ3v) is 10.6. The molecule has 0 saturated carbocycles. The van der Waals surface area contributed by atoms with Gasteiger partial charge in [-0.1, -0.05) is 53.5 Å². The third-order valence-electron chi connectivity index (χ3n) is 9.74. The maximum atomic E-state index is 13.0. The summed E-state index contributed by atoms with van der Waals surface area (Å²) in [5.41, 5.74) is 5.93. The fourth-order valence-electron chi connectivity index (χ4n) is 7.32. The molecule has 2 N–H and O–H groups in total. The molecule has 1 unspecified atom stereocenters. The number of aromatic nitrogens is 4. The van der Waals surface area contributed by atoms with Crippen molar-refractivity contribution < 1.29 is 14.3 Å². The first kappa shape index (κ1) is 31.7. The number of fused-ring (bicyclic) bond motifs is 2. The minimum absolute atomic E-state index is 0.0671. The summed E-state index contributed by atoms with van der Waals surface area (Å²) < 4.78 is 13.1. The summed E-state index contributed by atoms with van der Waals surface area (Å²) in [6.45, 7) is 3.99. The van der Waals surface area contributed by atoms with Crippen LogP contribution in [0.4, 0.5) is 11.5 Å². The second-order valence-electron chi connectivity index (χ2n) is 12.9. The van der Waals surface area contributed by atoms with Crippen molar-refractivity contribution in [1.82, 2.24) is 30.0 Å². The van der Waals surface area contributed by atoms with Gasteiger partial charge in [-0.05, 0) is 43.5 Å². The molecule has 1 amide bonds. The van der Waals surface area contributed by atoms with E-state index in [1.54, 1.807) is 20.4 Å². The highest BCUT2D eigenvalue weighted by atomic mass is 35.5. The summed E-state index contributed by atoms with van der Waals surface area (Å²) in [4.78, 5) is 36.6. The van der Waals surface area contributed by atoms with Gasteiger partial charge in [0.05, 0.1) is 40.1 Å². The number of hydrogen-bond donors (Lipinski definition) is 2. The Morgan fingerprint density at radius 2 is 1.80 bits per heavy atom. The molecule has 13 heteroatoms. The molecule has 1 spiro atoms. The lowest BCUT2D eigenvalue weighted by molar-refractivity contribution is -0.179. The standard InChI is InChI=1S/C36H33Cl2N7O4/c1-19-12-21-14-40-44(2)35(47)30(21)33(41-19)42-25-9-5-7-23(32(25)38)22-6-4-8-24(31(22)37)26-13-20-10-11-27(29(20)34(43-26)48-3)45-17-36(18-45)16-39-28(46)15-49-36/h4-9,12-14,27H,10-11,15-18H2,1-3H3,(H,39,46)(H,41,42). The zero-order valence-corrected chi connectivity index (χ0v) is 28.7. The molecule has 2 saturated heterocycles. The molecule has 3 aliphatic rings. The number of amides is 1. The number of benzene rings is 2. The zero-order valence-electron chi connectivity index (χ0n) is 27.1. The van der Waals surface area contributed by atoms with E-state index >= 15 is 0 Å². The Labute approximate surface area is 292 Å². The van der Waals surface area contributed by atoms with E-state index in [9.17, 15) is 9.59 Å². The van der Waals surface area contributed by atoms with Gasteiger partial charge in [-0.25, -0.2) is 14.6 Å². The lowest BCUT2D eigenvalue weighted by atomic mass is 9.89. The van der Waals surface area contributed by atoms with Gasteiger partial charge in [-0.3, -0.25) is 14.5 Å². The number of carbonyl (C=O) groups is 1. The van der Waals surface area contributed by atoms with Crippen LogP contribution in [0.5, 0.6) is 5.88 Å². The van der Waals surface area contributed by atoms with Crippen molar-refractivity contribution >= 4 is 51.4 Å². The van der Waals surface area contributed by atoms with Crippen LogP contribution in [0.15, 0.2) is 59.5 Å². The molecule has 49 heavy (non-hydrogen) atoms. The summed E-state index contributed by atoms with van der Waals surface area (Å²) in [6, 6.07) is 15.5. The van der Waals surface area contributed by atoms with Crippen LogP contribution in [-0.4, -0.2) is 69.5 Å². The number of likely N-dealkylation sites (tertiary alicyclic amines) is 1. The van der Waals surface area contributed by atoms with Crippen molar-refractivity contribution in [2.24, 2.45) is 7.05 Å². The van der Waals surface area contributed by atoms with Crippen molar-refractivity contribution in [2.75, 3.05) is 38.7 Å². The Bertz CT molecular complexity index is 2220. The Morgan fingerprint density at radius 1 is 1.04 bits per heavy atom. The molecule has 1 atom stereocenters. The van der Waals surface area contributed by atoms with Crippen molar-refractivity contribution in [3.63, 3.8) is 0 Å². The number of ether oxygens (including phenoxy) is 2. The summed E-state index contributed by atoms with van der Waals surface area (Å²) in [5.74, 6) is 0.914. The zero-order chi connectivity index (χ0) is 34.0. The first-order chi connectivity index (χ1) is 23.6. The number of halogens is 2. The number of aryl methyl sites for hydroxylation is 3. The van der Waals surface area contributed by atoms with Crippen molar-refractivity contribution in [3.8, 4) is 28.3 Å². The van der Waals surface area contributed by atoms with Gasteiger partial charge in [0.1, 0.15) is 18.0 Å². The number of pyridine rings is 2. The van der Waals surface area contributed by atoms with Gasteiger partial charge < -0.3 is 20.1 Å². The Morgan fingerprint density at radius 3 is 2.55 bits per heavy atom. The van der Waals surface area contributed by atoms with E-state index in [1.807, 2.05) is 49.4 Å². The number of hydrogen-bond acceptors (Lipinski definition) is 9. The van der Waals surface area contributed by atoms with E-state index in [0.717, 1.165) is 48.3 Å². The van der Waals surface area contributed by atoms with Crippen LogP contribution in [0, 0.1) is 6.92 Å². The van der Waals surface area contributed by atoms with Gasteiger partial charge in [0.25, 0.3) is 5.56 Å². The van der Waals surface area contributed by atoms with Crippen molar-refractivity contribution in [3.05, 3.63) is 91.9 Å².